The van der Waals surface area contributed by atoms with Crippen LogP contribution in [0.15, 0.2) is 35.0 Å². The van der Waals surface area contributed by atoms with Gasteiger partial charge in [0.2, 0.25) is 0 Å². The Morgan fingerprint density at radius 1 is 1.47 bits per heavy atom. The number of hydrogen-bond donors (Lipinski definition) is 1. The summed E-state index contributed by atoms with van der Waals surface area (Å²) < 4.78 is 17.3. The molecule has 4 nitrogen and oxygen atoms in total. The third kappa shape index (κ3) is 1.66. The summed E-state index contributed by atoms with van der Waals surface area (Å²) in [5, 5.41) is 3.09. The van der Waals surface area contributed by atoms with Crippen LogP contribution in [-0.4, -0.2) is 32.6 Å². The van der Waals surface area contributed by atoms with Gasteiger partial charge in [0.15, 0.2) is 0 Å². The Labute approximate surface area is 101 Å². The van der Waals surface area contributed by atoms with Crippen LogP contribution in [0.25, 0.3) is 0 Å². The Morgan fingerprint density at radius 3 is 3.06 bits per heavy atom. The zero-order valence-corrected chi connectivity index (χ0v) is 10.3. The quantitative estimate of drug-likeness (QED) is 0.690. The molecule has 0 amide bonds. The first-order valence-electron chi connectivity index (χ1n) is 5.86. The minimum absolute atomic E-state index is 0.114. The molecule has 5 heteroatoms. The second kappa shape index (κ2) is 3.73. The van der Waals surface area contributed by atoms with Crippen LogP contribution in [0.2, 0.25) is 0 Å². The number of allylic oxidation sites excluding steroid dienone is 3. The molecule has 0 spiro atoms. The number of nitrogens with one attached hydrogen (secondary N) is 1. The van der Waals surface area contributed by atoms with E-state index in [2.05, 4.69) is 25.2 Å². The van der Waals surface area contributed by atoms with Crippen LogP contribution >= 0.6 is 0 Å². The van der Waals surface area contributed by atoms with Gasteiger partial charge in [0.1, 0.15) is 12.8 Å². The highest BCUT2D eigenvalue weighted by Gasteiger charge is 2.48. The first-order chi connectivity index (χ1) is 8.12. The van der Waals surface area contributed by atoms with Crippen LogP contribution in [0, 0.1) is 0 Å². The van der Waals surface area contributed by atoms with Crippen LogP contribution < -0.4 is 5.32 Å². The molecular formula is C12H16BNO3. The molecule has 0 bridgehead atoms. The summed E-state index contributed by atoms with van der Waals surface area (Å²) in [5.41, 5.74) is 3.12. The molecule has 1 N–H and O–H groups in total. The van der Waals surface area contributed by atoms with Gasteiger partial charge < -0.3 is 14.0 Å². The van der Waals surface area contributed by atoms with E-state index in [0.717, 1.165) is 11.0 Å². The van der Waals surface area contributed by atoms with Gasteiger partial charge in [0, 0.05) is 0 Å². The van der Waals surface area contributed by atoms with E-state index in [0.29, 0.717) is 6.61 Å². The zero-order valence-electron chi connectivity index (χ0n) is 10.3. The summed E-state index contributed by atoms with van der Waals surface area (Å²) >= 11 is 0. The standard InChI is InChI=1S/C12H16BNO3/c1-12(2)9-7-15-5-4-8-6-10(14-3)16-13(17-12)11(8)9/h4-6,10,14H,7H2,1-3H3. The van der Waals surface area contributed by atoms with Crippen LogP contribution in [0.3, 0.4) is 0 Å². The average Bonchev–Trinajstić information content (AvgIpc) is 2.47. The summed E-state index contributed by atoms with van der Waals surface area (Å²) in [7, 11) is 1.58. The van der Waals surface area contributed by atoms with Crippen LogP contribution in [0.4, 0.5) is 0 Å². The minimum Gasteiger partial charge on any atom is -0.497 e. The molecule has 3 aliphatic heterocycles. The van der Waals surface area contributed by atoms with Crippen molar-refractivity contribution in [2.45, 2.75) is 25.7 Å². The largest absolute Gasteiger partial charge is 0.497 e. The Bertz CT molecular complexity index is 439. The number of rotatable bonds is 1. The van der Waals surface area contributed by atoms with Gasteiger partial charge in [-0.25, -0.2) is 0 Å². The molecule has 1 atom stereocenters. The molecule has 0 saturated carbocycles. The highest BCUT2D eigenvalue weighted by molar-refractivity contribution is 6.57. The van der Waals surface area contributed by atoms with Crippen molar-refractivity contribution in [3.63, 3.8) is 0 Å². The predicted molar refractivity (Wildman–Crippen MR) is 65.1 cm³/mol. The number of likely N-dealkylation sites (N-methyl/N-ethyl adjacent to an activating group) is 1. The van der Waals surface area contributed by atoms with Crippen molar-refractivity contribution in [1.82, 2.24) is 5.32 Å². The van der Waals surface area contributed by atoms with E-state index in [1.165, 1.54) is 5.57 Å². The van der Waals surface area contributed by atoms with Gasteiger partial charge >= 0.3 is 7.12 Å². The third-order valence-corrected chi connectivity index (χ3v) is 3.46. The molecule has 0 saturated heterocycles. The molecule has 3 rings (SSSR count). The molecule has 3 aliphatic rings. The van der Waals surface area contributed by atoms with Gasteiger partial charge in [-0.1, -0.05) is 0 Å². The van der Waals surface area contributed by atoms with Crippen molar-refractivity contribution in [2.75, 3.05) is 13.7 Å². The Hall–Kier alpha value is -1.04. The smallest absolute Gasteiger partial charge is 0.496 e. The van der Waals surface area contributed by atoms with Gasteiger partial charge in [-0.3, -0.25) is 5.32 Å². The van der Waals surface area contributed by atoms with Gasteiger partial charge in [-0.2, -0.15) is 0 Å². The van der Waals surface area contributed by atoms with Crippen LogP contribution in [0.5, 0.6) is 0 Å². The molecule has 3 heterocycles. The summed E-state index contributed by atoms with van der Waals surface area (Å²) in [6, 6.07) is 0. The SMILES string of the molecule is CNC1C=C2C=COCC3=C2B(O1)OC3(C)C. The van der Waals surface area contributed by atoms with Crippen molar-refractivity contribution < 1.29 is 14.0 Å². The molecule has 0 fully saturated rings. The molecule has 0 aromatic rings. The molecule has 0 aromatic carbocycles. The zero-order chi connectivity index (χ0) is 12.0. The van der Waals surface area contributed by atoms with Crippen molar-refractivity contribution in [3.05, 3.63) is 35.0 Å². The van der Waals surface area contributed by atoms with Crippen molar-refractivity contribution in [2.24, 2.45) is 0 Å². The lowest BCUT2D eigenvalue weighted by Gasteiger charge is -2.26. The van der Waals surface area contributed by atoms with E-state index in [9.17, 15) is 0 Å². The first kappa shape index (κ1) is 11.1. The van der Waals surface area contributed by atoms with Gasteiger partial charge in [-0.05, 0) is 49.7 Å². The summed E-state index contributed by atoms with van der Waals surface area (Å²) in [5.74, 6) is 0. The highest BCUT2D eigenvalue weighted by Crippen LogP contribution is 2.41. The maximum atomic E-state index is 5.96. The summed E-state index contributed by atoms with van der Waals surface area (Å²) in [6.45, 7) is 4.68. The molecule has 0 aromatic heterocycles. The Morgan fingerprint density at radius 2 is 2.29 bits per heavy atom. The topological polar surface area (TPSA) is 39.7 Å². The maximum absolute atomic E-state index is 5.96. The summed E-state index contributed by atoms with van der Waals surface area (Å²) in [4.78, 5) is 0. The molecule has 1 unspecified atom stereocenters. The maximum Gasteiger partial charge on any atom is 0.496 e. The lowest BCUT2D eigenvalue weighted by molar-refractivity contribution is 0.0849. The highest BCUT2D eigenvalue weighted by atomic mass is 16.6. The van der Waals surface area contributed by atoms with Crippen LogP contribution in [-0.2, 0) is 14.0 Å². The average molecular weight is 233 g/mol. The Kier molecular flexibility index (Phi) is 2.43. The monoisotopic (exact) mass is 233 g/mol. The second-order valence-corrected chi connectivity index (χ2v) is 4.93. The molecular weight excluding hydrogens is 217 g/mol. The molecule has 17 heavy (non-hydrogen) atoms. The van der Waals surface area contributed by atoms with Crippen molar-refractivity contribution in [3.8, 4) is 0 Å². The van der Waals surface area contributed by atoms with E-state index in [4.69, 9.17) is 14.0 Å². The van der Waals surface area contributed by atoms with Crippen molar-refractivity contribution >= 4 is 7.12 Å². The van der Waals surface area contributed by atoms with E-state index < -0.39 is 0 Å². The van der Waals surface area contributed by atoms with Gasteiger partial charge in [0.25, 0.3) is 0 Å². The summed E-state index contributed by atoms with van der Waals surface area (Å²) in [6.07, 6.45) is 5.67. The lowest BCUT2D eigenvalue weighted by Crippen LogP contribution is -2.40. The Balaban J connectivity index is 2.10. The first-order valence-corrected chi connectivity index (χ1v) is 5.86. The van der Waals surface area contributed by atoms with E-state index in [1.807, 2.05) is 13.1 Å². The van der Waals surface area contributed by atoms with Crippen molar-refractivity contribution in [1.29, 1.82) is 0 Å². The predicted octanol–water partition coefficient (Wildman–Crippen LogP) is 1.17. The number of hydrogen-bond acceptors (Lipinski definition) is 4. The van der Waals surface area contributed by atoms with E-state index >= 15 is 0 Å². The molecule has 90 valence electrons. The van der Waals surface area contributed by atoms with Gasteiger partial charge in [-0.15, -0.1) is 0 Å². The minimum atomic E-state index is -0.326. The lowest BCUT2D eigenvalue weighted by atomic mass is 9.71. The van der Waals surface area contributed by atoms with Gasteiger partial charge in [0.05, 0.1) is 11.9 Å². The fraction of sp³-hybridized carbons (Fsp3) is 0.500. The van der Waals surface area contributed by atoms with Crippen LogP contribution in [0.1, 0.15) is 13.8 Å². The molecule has 0 aliphatic carbocycles. The second-order valence-electron chi connectivity index (χ2n) is 4.93. The molecule has 0 radical (unpaired) electrons. The van der Waals surface area contributed by atoms with E-state index in [-0.39, 0.29) is 18.9 Å². The fourth-order valence-electron chi connectivity index (χ4n) is 2.50. The van der Waals surface area contributed by atoms with E-state index in [1.54, 1.807) is 6.26 Å². The normalized spacial score (nSPS) is 29.7. The third-order valence-electron chi connectivity index (χ3n) is 3.46. The number of ether oxygens (including phenoxy) is 1. The fourth-order valence-corrected chi connectivity index (χ4v) is 2.50.